The fraction of sp³-hybridized carbons (Fsp3) is 0.227. The van der Waals surface area contributed by atoms with Crippen LogP contribution >= 0.6 is 11.6 Å². The van der Waals surface area contributed by atoms with Crippen molar-refractivity contribution >= 4 is 35.0 Å². The summed E-state index contributed by atoms with van der Waals surface area (Å²) in [4.78, 5) is 19.8. The van der Waals surface area contributed by atoms with Crippen LogP contribution < -0.4 is 10.2 Å². The molecule has 3 aromatic heterocycles. The van der Waals surface area contributed by atoms with Gasteiger partial charge in [-0.05, 0) is 30.3 Å². The zero-order chi connectivity index (χ0) is 26.4. The molecule has 4 aromatic rings. The van der Waals surface area contributed by atoms with Crippen molar-refractivity contribution in [3.8, 4) is 16.8 Å². The molecule has 0 amide bonds. The highest BCUT2D eigenvalue weighted by molar-refractivity contribution is 6.33. The van der Waals surface area contributed by atoms with Gasteiger partial charge in [-0.25, -0.2) is 14.5 Å². The Morgan fingerprint density at radius 1 is 1.14 bits per heavy atom. The molecule has 0 saturated carbocycles. The highest BCUT2D eigenvalue weighted by Gasteiger charge is 2.38. The van der Waals surface area contributed by atoms with Crippen LogP contribution in [0.4, 0.5) is 30.6 Å². The third-order valence-electron chi connectivity index (χ3n) is 5.09. The summed E-state index contributed by atoms with van der Waals surface area (Å²) < 4.78 is 38.9. The minimum Gasteiger partial charge on any atom is -0.475 e. The van der Waals surface area contributed by atoms with E-state index in [-0.39, 0.29) is 0 Å². The molecule has 0 unspecified atom stereocenters. The number of benzene rings is 1. The average molecular weight is 537 g/mol. The standard InChI is InChI=1S/C20H19ClN8O.C2HF3O2/c21-18-12-22-19(9-17(18)14-10-24-25-11-14)26-15-1-3-16(4-2-15)29-13-23-20(27-29)28-5-7-30-8-6-28;3-2(4,5)1(6)7/h1-4,9-13H,5-8H2,(H,22,26)(H,24,25);(H,6,7). The summed E-state index contributed by atoms with van der Waals surface area (Å²) in [6, 6.07) is 9.80. The molecular formula is C22H20ClF3N8O3. The molecule has 0 aliphatic carbocycles. The van der Waals surface area contributed by atoms with Crippen LogP contribution in [0, 0.1) is 0 Å². The van der Waals surface area contributed by atoms with Crippen LogP contribution in [0.25, 0.3) is 16.8 Å². The number of pyridine rings is 1. The zero-order valence-corrected chi connectivity index (χ0v) is 19.7. The predicted octanol–water partition coefficient (Wildman–Crippen LogP) is 3.92. The minimum atomic E-state index is -5.08. The lowest BCUT2D eigenvalue weighted by Gasteiger charge is -2.25. The quantitative estimate of drug-likeness (QED) is 0.347. The van der Waals surface area contributed by atoms with E-state index in [0.717, 1.165) is 41.5 Å². The molecule has 0 spiro atoms. The predicted molar refractivity (Wildman–Crippen MR) is 128 cm³/mol. The van der Waals surface area contributed by atoms with Gasteiger partial charge in [-0.2, -0.15) is 23.3 Å². The van der Waals surface area contributed by atoms with Gasteiger partial charge in [0.05, 0.1) is 30.1 Å². The smallest absolute Gasteiger partial charge is 0.475 e. The molecule has 1 fully saturated rings. The molecule has 0 radical (unpaired) electrons. The summed E-state index contributed by atoms with van der Waals surface area (Å²) in [5.74, 6) is -1.34. The molecule has 194 valence electrons. The fourth-order valence-electron chi connectivity index (χ4n) is 3.26. The number of nitrogens with one attached hydrogen (secondary N) is 2. The number of aliphatic carboxylic acids is 1. The maximum atomic E-state index is 10.6. The molecule has 4 heterocycles. The van der Waals surface area contributed by atoms with E-state index in [9.17, 15) is 13.2 Å². The molecule has 11 nitrogen and oxygen atoms in total. The van der Waals surface area contributed by atoms with Gasteiger partial charge in [0.15, 0.2) is 0 Å². The first-order chi connectivity index (χ1) is 17.7. The van der Waals surface area contributed by atoms with Crippen LogP contribution in [0.5, 0.6) is 0 Å². The number of hydrogen-bond donors (Lipinski definition) is 3. The second kappa shape index (κ2) is 11.3. The summed E-state index contributed by atoms with van der Waals surface area (Å²) in [5, 5.41) is 22.4. The monoisotopic (exact) mass is 536 g/mol. The third kappa shape index (κ3) is 6.74. The number of carboxylic acid groups (broad SMARTS) is 1. The summed E-state index contributed by atoms with van der Waals surface area (Å²) in [7, 11) is 0. The Bertz CT molecular complexity index is 1320. The normalized spacial score (nSPS) is 13.6. The Kier molecular flexibility index (Phi) is 7.89. The van der Waals surface area contributed by atoms with Crippen LogP contribution in [0.15, 0.2) is 55.2 Å². The number of aromatic amines is 1. The van der Waals surface area contributed by atoms with Crippen LogP contribution in [0.3, 0.4) is 0 Å². The van der Waals surface area contributed by atoms with E-state index in [1.54, 1.807) is 29.6 Å². The summed E-state index contributed by atoms with van der Waals surface area (Å²) in [5.41, 5.74) is 3.59. The Morgan fingerprint density at radius 3 is 2.46 bits per heavy atom. The Hall–Kier alpha value is -4.17. The summed E-state index contributed by atoms with van der Waals surface area (Å²) in [6.45, 7) is 3.02. The van der Waals surface area contributed by atoms with Crippen LogP contribution in [-0.2, 0) is 9.53 Å². The van der Waals surface area contributed by atoms with Crippen molar-refractivity contribution in [1.29, 1.82) is 0 Å². The second-order valence-corrected chi connectivity index (χ2v) is 8.01. The number of alkyl halides is 3. The number of nitrogens with zero attached hydrogens (tertiary/aromatic N) is 6. The van der Waals surface area contributed by atoms with E-state index in [1.807, 2.05) is 30.3 Å². The van der Waals surface area contributed by atoms with Gasteiger partial charge < -0.3 is 20.1 Å². The number of aromatic nitrogens is 6. The number of halogens is 4. The Balaban J connectivity index is 0.000000405. The minimum absolute atomic E-state index is 0.569. The first-order valence-electron chi connectivity index (χ1n) is 10.8. The molecule has 0 atom stereocenters. The van der Waals surface area contributed by atoms with Crippen molar-refractivity contribution in [1.82, 2.24) is 29.9 Å². The van der Waals surface area contributed by atoms with E-state index >= 15 is 0 Å². The molecule has 15 heteroatoms. The number of morpholine rings is 1. The molecule has 5 rings (SSSR count). The summed E-state index contributed by atoms with van der Waals surface area (Å²) >= 11 is 6.28. The van der Waals surface area contributed by atoms with Gasteiger partial charge in [-0.1, -0.05) is 11.6 Å². The van der Waals surface area contributed by atoms with E-state index in [2.05, 4.69) is 35.5 Å². The average Bonchev–Trinajstić information content (AvgIpc) is 3.59. The topological polar surface area (TPSA) is 134 Å². The van der Waals surface area contributed by atoms with Crippen molar-refractivity contribution in [2.24, 2.45) is 0 Å². The second-order valence-electron chi connectivity index (χ2n) is 7.60. The molecule has 3 N–H and O–H groups in total. The van der Waals surface area contributed by atoms with Crippen molar-refractivity contribution < 1.29 is 27.8 Å². The molecule has 1 aliphatic heterocycles. The van der Waals surface area contributed by atoms with Gasteiger partial charge in [0.2, 0.25) is 5.95 Å². The molecule has 37 heavy (non-hydrogen) atoms. The van der Waals surface area contributed by atoms with Gasteiger partial charge >= 0.3 is 12.1 Å². The number of carboxylic acids is 1. The van der Waals surface area contributed by atoms with Gasteiger partial charge in [0, 0.05) is 42.3 Å². The van der Waals surface area contributed by atoms with E-state index in [0.29, 0.717) is 24.1 Å². The Labute approximate surface area is 212 Å². The number of hydrogen-bond acceptors (Lipinski definition) is 8. The highest BCUT2D eigenvalue weighted by atomic mass is 35.5. The van der Waals surface area contributed by atoms with Crippen molar-refractivity contribution in [2.75, 3.05) is 36.5 Å². The fourth-order valence-corrected chi connectivity index (χ4v) is 3.47. The van der Waals surface area contributed by atoms with Gasteiger partial charge in [0.25, 0.3) is 0 Å². The molecular weight excluding hydrogens is 517 g/mol. The van der Waals surface area contributed by atoms with E-state index < -0.39 is 12.1 Å². The van der Waals surface area contributed by atoms with Crippen molar-refractivity contribution in [3.05, 3.63) is 60.3 Å². The van der Waals surface area contributed by atoms with Crippen LogP contribution in [0.1, 0.15) is 0 Å². The molecule has 0 bridgehead atoms. The van der Waals surface area contributed by atoms with Gasteiger partial charge in [-0.3, -0.25) is 5.10 Å². The molecule has 1 saturated heterocycles. The SMILES string of the molecule is Clc1cnc(Nc2ccc(-n3cnc(N4CCOCC4)n3)cc2)cc1-c1cn[nH]c1.O=C(O)C(F)(F)F. The third-order valence-corrected chi connectivity index (χ3v) is 5.39. The first kappa shape index (κ1) is 25.9. The highest BCUT2D eigenvalue weighted by Crippen LogP contribution is 2.29. The first-order valence-corrected chi connectivity index (χ1v) is 11.1. The van der Waals surface area contributed by atoms with Crippen molar-refractivity contribution in [2.45, 2.75) is 6.18 Å². The van der Waals surface area contributed by atoms with E-state index in [1.165, 1.54) is 0 Å². The number of rotatable bonds is 5. The van der Waals surface area contributed by atoms with Crippen molar-refractivity contribution in [3.63, 3.8) is 0 Å². The lowest BCUT2D eigenvalue weighted by atomic mass is 10.1. The maximum Gasteiger partial charge on any atom is 0.490 e. The van der Waals surface area contributed by atoms with Crippen LogP contribution in [0.2, 0.25) is 5.02 Å². The van der Waals surface area contributed by atoms with E-state index in [4.69, 9.17) is 26.2 Å². The molecule has 1 aromatic carbocycles. The maximum absolute atomic E-state index is 10.6. The Morgan fingerprint density at radius 2 is 1.84 bits per heavy atom. The number of anilines is 3. The molecule has 1 aliphatic rings. The van der Waals surface area contributed by atoms with Gasteiger partial charge in [0.1, 0.15) is 12.1 Å². The summed E-state index contributed by atoms with van der Waals surface area (Å²) in [6.07, 6.45) is 1.79. The van der Waals surface area contributed by atoms with Crippen LogP contribution in [-0.4, -0.2) is 73.5 Å². The lowest BCUT2D eigenvalue weighted by Crippen LogP contribution is -2.37. The largest absolute Gasteiger partial charge is 0.490 e. The number of H-pyrrole nitrogens is 1. The lowest BCUT2D eigenvalue weighted by molar-refractivity contribution is -0.192. The van der Waals surface area contributed by atoms with Gasteiger partial charge in [-0.15, -0.1) is 5.10 Å². The zero-order valence-electron chi connectivity index (χ0n) is 19.0. The number of carbonyl (C=O) groups is 1. The number of ether oxygens (including phenoxy) is 1.